The lowest BCUT2D eigenvalue weighted by Gasteiger charge is -2.17. The van der Waals surface area contributed by atoms with Crippen molar-refractivity contribution in [3.05, 3.63) is 23.9 Å². The fourth-order valence-corrected chi connectivity index (χ4v) is 1.70. The molecule has 1 aromatic heterocycles. The van der Waals surface area contributed by atoms with Crippen LogP contribution in [-0.4, -0.2) is 21.4 Å². The maximum atomic E-state index is 11.6. The van der Waals surface area contributed by atoms with E-state index in [-0.39, 0.29) is 10.7 Å². The largest absolute Gasteiger partial charge is 0.310 e. The number of hydrogen-bond donors (Lipinski definition) is 1. The number of nitrogens with zero attached hydrogens (tertiary/aromatic N) is 1. The van der Waals surface area contributed by atoms with Gasteiger partial charge in [-0.2, -0.15) is 0 Å². The minimum Gasteiger partial charge on any atom is -0.310 e. The number of aromatic nitrogens is 1. The summed E-state index contributed by atoms with van der Waals surface area (Å²) in [5.74, 6) is 1.11. The number of thioether (sulfide) groups is 1. The Hall–Kier alpha value is -1.03. The van der Waals surface area contributed by atoms with E-state index in [4.69, 9.17) is 0 Å². The van der Waals surface area contributed by atoms with Crippen LogP contribution < -0.4 is 5.32 Å². The fourth-order valence-electron chi connectivity index (χ4n) is 1.07. The second-order valence-electron chi connectivity index (χ2n) is 4.62. The van der Waals surface area contributed by atoms with E-state index in [0.717, 1.165) is 5.56 Å². The van der Waals surface area contributed by atoms with E-state index in [1.165, 1.54) is 0 Å². The van der Waals surface area contributed by atoms with Gasteiger partial charge in [0.1, 0.15) is 5.82 Å². The number of rotatable bonds is 3. The second kappa shape index (κ2) is 5.34. The van der Waals surface area contributed by atoms with E-state index < -0.39 is 0 Å². The highest BCUT2D eigenvalue weighted by Crippen LogP contribution is 2.23. The zero-order valence-electron chi connectivity index (χ0n) is 10.2. The number of carbonyl (C=O) groups excluding carboxylic acids is 1. The van der Waals surface area contributed by atoms with Gasteiger partial charge in [-0.1, -0.05) is 26.8 Å². The standard InChI is InChI=1S/C12H18N2OS/c1-9-6-5-7-13-11(9)14-10(15)8-16-12(2,3)4/h5-7H,8H2,1-4H3,(H,13,14,15). The van der Waals surface area contributed by atoms with Gasteiger partial charge in [0.2, 0.25) is 5.91 Å². The van der Waals surface area contributed by atoms with E-state index in [1.807, 2.05) is 19.1 Å². The van der Waals surface area contributed by atoms with Crippen LogP contribution >= 0.6 is 11.8 Å². The Bertz CT molecular complexity index is 372. The lowest BCUT2D eigenvalue weighted by atomic mass is 10.3. The first-order valence-electron chi connectivity index (χ1n) is 5.24. The first-order chi connectivity index (χ1) is 7.38. The van der Waals surface area contributed by atoms with Crippen LogP contribution in [0.5, 0.6) is 0 Å². The molecule has 0 aromatic carbocycles. The van der Waals surface area contributed by atoms with Crippen molar-refractivity contribution < 1.29 is 4.79 Å². The molecule has 0 aliphatic heterocycles. The quantitative estimate of drug-likeness (QED) is 0.880. The molecule has 0 atom stereocenters. The van der Waals surface area contributed by atoms with Crippen molar-refractivity contribution in [2.75, 3.05) is 11.1 Å². The molecule has 0 aliphatic rings. The van der Waals surface area contributed by atoms with Crippen LogP contribution in [0.1, 0.15) is 26.3 Å². The van der Waals surface area contributed by atoms with Gasteiger partial charge in [-0.05, 0) is 18.6 Å². The van der Waals surface area contributed by atoms with Crippen LogP contribution in [0.3, 0.4) is 0 Å². The zero-order chi connectivity index (χ0) is 12.2. The third kappa shape index (κ3) is 4.66. The van der Waals surface area contributed by atoms with Gasteiger partial charge in [0, 0.05) is 10.9 Å². The average Bonchev–Trinajstić information content (AvgIpc) is 2.18. The number of anilines is 1. The summed E-state index contributed by atoms with van der Waals surface area (Å²) in [6.45, 7) is 8.21. The normalized spacial score (nSPS) is 11.2. The predicted octanol–water partition coefficient (Wildman–Crippen LogP) is 2.86. The minimum absolute atomic E-state index is 0.00160. The Morgan fingerprint density at radius 1 is 1.50 bits per heavy atom. The summed E-state index contributed by atoms with van der Waals surface area (Å²) < 4.78 is 0.108. The van der Waals surface area contributed by atoms with Crippen LogP contribution in [0.25, 0.3) is 0 Å². The summed E-state index contributed by atoms with van der Waals surface area (Å²) >= 11 is 1.63. The van der Waals surface area contributed by atoms with Crippen LogP contribution in [0.15, 0.2) is 18.3 Å². The highest BCUT2D eigenvalue weighted by atomic mass is 32.2. The number of aryl methyl sites for hydroxylation is 1. The second-order valence-corrected chi connectivity index (χ2v) is 6.42. The summed E-state index contributed by atoms with van der Waals surface area (Å²) in [5.41, 5.74) is 0.983. The van der Waals surface area contributed by atoms with E-state index in [1.54, 1.807) is 18.0 Å². The molecule has 0 fully saturated rings. The number of pyridine rings is 1. The van der Waals surface area contributed by atoms with Crippen molar-refractivity contribution >= 4 is 23.5 Å². The van der Waals surface area contributed by atoms with Crippen LogP contribution in [-0.2, 0) is 4.79 Å². The molecule has 0 radical (unpaired) electrons. The van der Waals surface area contributed by atoms with Crippen molar-refractivity contribution in [1.82, 2.24) is 4.98 Å². The molecule has 0 bridgehead atoms. The van der Waals surface area contributed by atoms with Gasteiger partial charge in [-0.15, -0.1) is 11.8 Å². The predicted molar refractivity (Wildman–Crippen MR) is 69.8 cm³/mol. The molecular weight excluding hydrogens is 220 g/mol. The third-order valence-corrected chi connectivity index (χ3v) is 3.18. The van der Waals surface area contributed by atoms with E-state index >= 15 is 0 Å². The van der Waals surface area contributed by atoms with E-state index in [2.05, 4.69) is 31.1 Å². The maximum absolute atomic E-state index is 11.6. The number of carbonyl (C=O) groups is 1. The van der Waals surface area contributed by atoms with Crippen molar-refractivity contribution in [3.8, 4) is 0 Å². The Morgan fingerprint density at radius 3 is 2.75 bits per heavy atom. The Morgan fingerprint density at radius 2 is 2.19 bits per heavy atom. The van der Waals surface area contributed by atoms with Gasteiger partial charge in [-0.3, -0.25) is 4.79 Å². The van der Waals surface area contributed by atoms with E-state index in [0.29, 0.717) is 11.6 Å². The van der Waals surface area contributed by atoms with Crippen molar-refractivity contribution in [3.63, 3.8) is 0 Å². The summed E-state index contributed by atoms with van der Waals surface area (Å²) in [5, 5.41) is 2.81. The SMILES string of the molecule is Cc1cccnc1NC(=O)CSC(C)(C)C. The Labute approximate surface area is 101 Å². The first-order valence-corrected chi connectivity index (χ1v) is 6.22. The maximum Gasteiger partial charge on any atom is 0.235 e. The number of amides is 1. The summed E-state index contributed by atoms with van der Waals surface area (Å²) in [6, 6.07) is 3.79. The van der Waals surface area contributed by atoms with E-state index in [9.17, 15) is 4.79 Å². The van der Waals surface area contributed by atoms with Gasteiger partial charge in [-0.25, -0.2) is 4.98 Å². The van der Waals surface area contributed by atoms with Crippen molar-refractivity contribution in [1.29, 1.82) is 0 Å². The molecule has 1 amide bonds. The van der Waals surface area contributed by atoms with Crippen molar-refractivity contribution in [2.24, 2.45) is 0 Å². The Kier molecular flexibility index (Phi) is 4.35. The minimum atomic E-state index is 0.00160. The molecule has 0 saturated carbocycles. The average molecular weight is 238 g/mol. The van der Waals surface area contributed by atoms with Crippen LogP contribution in [0.4, 0.5) is 5.82 Å². The Balaban J connectivity index is 2.50. The molecule has 1 N–H and O–H groups in total. The number of hydrogen-bond acceptors (Lipinski definition) is 3. The van der Waals surface area contributed by atoms with Gasteiger partial charge < -0.3 is 5.32 Å². The molecule has 88 valence electrons. The summed E-state index contributed by atoms with van der Waals surface area (Å²) in [7, 11) is 0. The topological polar surface area (TPSA) is 42.0 Å². The molecule has 0 aliphatic carbocycles. The molecule has 16 heavy (non-hydrogen) atoms. The van der Waals surface area contributed by atoms with Crippen molar-refractivity contribution in [2.45, 2.75) is 32.4 Å². The summed E-state index contributed by atoms with van der Waals surface area (Å²) in [4.78, 5) is 15.8. The molecule has 1 aromatic rings. The first kappa shape index (κ1) is 13.0. The van der Waals surface area contributed by atoms with Gasteiger partial charge in [0.25, 0.3) is 0 Å². The number of nitrogens with one attached hydrogen (secondary N) is 1. The van der Waals surface area contributed by atoms with Gasteiger partial charge in [0.15, 0.2) is 0 Å². The lowest BCUT2D eigenvalue weighted by molar-refractivity contribution is -0.113. The molecule has 0 spiro atoms. The monoisotopic (exact) mass is 238 g/mol. The van der Waals surface area contributed by atoms with Gasteiger partial charge in [0.05, 0.1) is 5.75 Å². The molecule has 0 unspecified atom stereocenters. The third-order valence-electron chi connectivity index (χ3n) is 1.90. The molecule has 1 heterocycles. The highest BCUT2D eigenvalue weighted by Gasteiger charge is 2.13. The molecule has 0 saturated heterocycles. The van der Waals surface area contributed by atoms with Crippen LogP contribution in [0.2, 0.25) is 0 Å². The molecule has 4 heteroatoms. The zero-order valence-corrected chi connectivity index (χ0v) is 11.0. The smallest absolute Gasteiger partial charge is 0.235 e. The van der Waals surface area contributed by atoms with Crippen LogP contribution in [0, 0.1) is 6.92 Å². The highest BCUT2D eigenvalue weighted by molar-refractivity contribution is 8.01. The van der Waals surface area contributed by atoms with Gasteiger partial charge >= 0.3 is 0 Å². The molecule has 1 rings (SSSR count). The molecule has 3 nitrogen and oxygen atoms in total. The summed E-state index contributed by atoms with van der Waals surface area (Å²) in [6.07, 6.45) is 1.68. The fraction of sp³-hybridized carbons (Fsp3) is 0.500. The molecular formula is C12H18N2OS. The lowest BCUT2D eigenvalue weighted by Crippen LogP contribution is -2.19.